The van der Waals surface area contributed by atoms with Gasteiger partial charge in [0.1, 0.15) is 17.3 Å². The fourth-order valence-corrected chi connectivity index (χ4v) is 2.97. The molecule has 0 aromatic heterocycles. The van der Waals surface area contributed by atoms with Crippen molar-refractivity contribution in [1.82, 2.24) is 0 Å². The second-order valence-electron chi connectivity index (χ2n) is 6.33. The lowest BCUT2D eigenvalue weighted by molar-refractivity contribution is -0.113. The SMILES string of the molecule is Cc1ccc(N2C(=O)C(=Cc3ccccc3F)N=C2c2ccccc2)cc1. The summed E-state index contributed by atoms with van der Waals surface area (Å²) in [5.74, 6) is -0.129. The van der Waals surface area contributed by atoms with E-state index in [1.807, 2.05) is 61.5 Å². The molecule has 4 heteroatoms. The van der Waals surface area contributed by atoms with E-state index in [-0.39, 0.29) is 17.4 Å². The van der Waals surface area contributed by atoms with E-state index in [9.17, 15) is 9.18 Å². The molecule has 27 heavy (non-hydrogen) atoms. The molecule has 0 aliphatic carbocycles. The molecule has 0 saturated carbocycles. The number of anilines is 1. The summed E-state index contributed by atoms with van der Waals surface area (Å²) in [6, 6.07) is 23.5. The molecular weight excluding hydrogens is 339 g/mol. The van der Waals surface area contributed by atoms with Gasteiger partial charge in [0, 0.05) is 11.1 Å². The first-order valence-corrected chi connectivity index (χ1v) is 8.65. The van der Waals surface area contributed by atoms with Gasteiger partial charge in [-0.15, -0.1) is 0 Å². The third-order valence-electron chi connectivity index (χ3n) is 4.38. The molecule has 0 unspecified atom stereocenters. The summed E-state index contributed by atoms with van der Waals surface area (Å²) in [7, 11) is 0. The number of halogens is 1. The Bertz CT molecular complexity index is 1050. The molecule has 4 rings (SSSR count). The Morgan fingerprint density at radius 1 is 0.889 bits per heavy atom. The standard InChI is InChI=1S/C23H17FN2O/c1-16-11-13-19(14-12-16)26-22(17-7-3-2-4-8-17)25-21(23(26)27)15-18-9-5-6-10-20(18)24/h2-15H,1H3. The lowest BCUT2D eigenvalue weighted by Crippen LogP contribution is -2.32. The number of carbonyl (C=O) groups excluding carboxylic acids is 1. The lowest BCUT2D eigenvalue weighted by Gasteiger charge is -2.18. The summed E-state index contributed by atoms with van der Waals surface area (Å²) < 4.78 is 14.0. The molecule has 0 N–H and O–H groups in total. The normalized spacial score (nSPS) is 15.3. The summed E-state index contributed by atoms with van der Waals surface area (Å²) in [6.07, 6.45) is 1.49. The van der Waals surface area contributed by atoms with E-state index >= 15 is 0 Å². The van der Waals surface area contributed by atoms with Crippen molar-refractivity contribution in [3.05, 3.63) is 107 Å². The third kappa shape index (κ3) is 3.29. The highest BCUT2D eigenvalue weighted by Gasteiger charge is 2.32. The second kappa shape index (κ2) is 7.00. The van der Waals surface area contributed by atoms with Crippen LogP contribution in [0.1, 0.15) is 16.7 Å². The van der Waals surface area contributed by atoms with Crippen molar-refractivity contribution < 1.29 is 9.18 Å². The van der Waals surface area contributed by atoms with Crippen LogP contribution in [-0.2, 0) is 4.79 Å². The number of amides is 1. The quantitative estimate of drug-likeness (QED) is 0.610. The zero-order chi connectivity index (χ0) is 18.8. The minimum atomic E-state index is -0.386. The van der Waals surface area contributed by atoms with Crippen molar-refractivity contribution in [2.24, 2.45) is 4.99 Å². The number of hydrogen-bond donors (Lipinski definition) is 0. The number of benzene rings is 3. The van der Waals surface area contributed by atoms with Crippen molar-refractivity contribution in [3.8, 4) is 0 Å². The van der Waals surface area contributed by atoms with Gasteiger partial charge in [-0.3, -0.25) is 9.69 Å². The number of amidine groups is 1. The highest BCUT2D eigenvalue weighted by Crippen LogP contribution is 2.28. The Hall–Kier alpha value is -3.53. The van der Waals surface area contributed by atoms with Crippen LogP contribution in [0.3, 0.4) is 0 Å². The highest BCUT2D eigenvalue weighted by molar-refractivity contribution is 6.33. The maximum Gasteiger partial charge on any atom is 0.282 e. The van der Waals surface area contributed by atoms with E-state index in [0.29, 0.717) is 11.4 Å². The van der Waals surface area contributed by atoms with Crippen molar-refractivity contribution in [2.75, 3.05) is 4.90 Å². The van der Waals surface area contributed by atoms with Gasteiger partial charge in [-0.25, -0.2) is 9.38 Å². The zero-order valence-electron chi connectivity index (χ0n) is 14.8. The molecule has 1 aliphatic heterocycles. The summed E-state index contributed by atoms with van der Waals surface area (Å²) in [5, 5.41) is 0. The molecule has 0 fully saturated rings. The van der Waals surface area contributed by atoms with Gasteiger partial charge in [-0.2, -0.15) is 0 Å². The molecule has 0 atom stereocenters. The third-order valence-corrected chi connectivity index (χ3v) is 4.38. The average molecular weight is 356 g/mol. The Balaban J connectivity index is 1.84. The Kier molecular flexibility index (Phi) is 4.38. The first kappa shape index (κ1) is 16.9. The first-order chi connectivity index (χ1) is 13.1. The monoisotopic (exact) mass is 356 g/mol. The summed E-state index contributed by atoms with van der Waals surface area (Å²) in [4.78, 5) is 19.2. The number of aliphatic imine (C=N–C) groups is 1. The van der Waals surface area contributed by atoms with Crippen LogP contribution in [0.25, 0.3) is 6.08 Å². The van der Waals surface area contributed by atoms with Gasteiger partial charge < -0.3 is 0 Å². The Labute approximate surface area is 157 Å². The van der Waals surface area contributed by atoms with E-state index in [0.717, 1.165) is 16.8 Å². The summed E-state index contributed by atoms with van der Waals surface area (Å²) in [6.45, 7) is 1.99. The smallest absolute Gasteiger partial charge is 0.266 e. The minimum Gasteiger partial charge on any atom is -0.266 e. The second-order valence-corrected chi connectivity index (χ2v) is 6.33. The predicted octanol–water partition coefficient (Wildman–Crippen LogP) is 4.97. The van der Waals surface area contributed by atoms with Crippen LogP contribution in [-0.4, -0.2) is 11.7 Å². The van der Waals surface area contributed by atoms with Crippen LogP contribution in [0.4, 0.5) is 10.1 Å². The highest BCUT2D eigenvalue weighted by atomic mass is 19.1. The molecule has 3 aromatic carbocycles. The van der Waals surface area contributed by atoms with Crippen molar-refractivity contribution in [3.63, 3.8) is 0 Å². The molecular formula is C23H17FN2O. The molecule has 1 amide bonds. The van der Waals surface area contributed by atoms with Gasteiger partial charge >= 0.3 is 0 Å². The van der Waals surface area contributed by atoms with Crippen molar-refractivity contribution >= 4 is 23.5 Å². The van der Waals surface area contributed by atoms with Gasteiger partial charge in [0.2, 0.25) is 0 Å². The van der Waals surface area contributed by atoms with E-state index in [1.165, 1.54) is 12.1 Å². The lowest BCUT2D eigenvalue weighted by atomic mass is 10.1. The predicted molar refractivity (Wildman–Crippen MR) is 106 cm³/mol. The van der Waals surface area contributed by atoms with Crippen LogP contribution < -0.4 is 4.90 Å². The largest absolute Gasteiger partial charge is 0.282 e. The number of carbonyl (C=O) groups is 1. The van der Waals surface area contributed by atoms with E-state index in [2.05, 4.69) is 4.99 Å². The van der Waals surface area contributed by atoms with Gasteiger partial charge in [-0.05, 0) is 31.2 Å². The van der Waals surface area contributed by atoms with Crippen LogP contribution >= 0.6 is 0 Å². The van der Waals surface area contributed by atoms with Crippen LogP contribution in [0.15, 0.2) is 89.6 Å². The summed E-state index contributed by atoms with van der Waals surface area (Å²) in [5.41, 5.74) is 3.20. The van der Waals surface area contributed by atoms with Crippen molar-refractivity contribution in [1.29, 1.82) is 0 Å². The molecule has 3 aromatic rings. The number of rotatable bonds is 3. The van der Waals surface area contributed by atoms with Gasteiger partial charge in [0.25, 0.3) is 5.91 Å². The molecule has 0 saturated heterocycles. The molecule has 1 aliphatic rings. The number of hydrogen-bond acceptors (Lipinski definition) is 2. The van der Waals surface area contributed by atoms with E-state index in [1.54, 1.807) is 23.1 Å². The fraction of sp³-hybridized carbons (Fsp3) is 0.0435. The maximum atomic E-state index is 14.0. The van der Waals surface area contributed by atoms with Crippen LogP contribution in [0.5, 0.6) is 0 Å². The molecule has 3 nitrogen and oxygen atoms in total. The number of nitrogens with zero attached hydrogens (tertiary/aromatic N) is 2. The maximum absolute atomic E-state index is 14.0. The van der Waals surface area contributed by atoms with Crippen LogP contribution in [0.2, 0.25) is 0 Å². The average Bonchev–Trinajstić information content (AvgIpc) is 3.01. The molecule has 132 valence electrons. The molecule has 0 radical (unpaired) electrons. The van der Waals surface area contributed by atoms with Gasteiger partial charge in [-0.1, -0.05) is 66.2 Å². The topological polar surface area (TPSA) is 32.7 Å². The van der Waals surface area contributed by atoms with E-state index < -0.39 is 0 Å². The number of aryl methyl sites for hydroxylation is 1. The molecule has 0 spiro atoms. The molecule has 1 heterocycles. The first-order valence-electron chi connectivity index (χ1n) is 8.65. The van der Waals surface area contributed by atoms with Gasteiger partial charge in [0.15, 0.2) is 0 Å². The van der Waals surface area contributed by atoms with Gasteiger partial charge in [0.05, 0.1) is 5.69 Å². The van der Waals surface area contributed by atoms with Crippen LogP contribution in [0, 0.1) is 12.7 Å². The zero-order valence-corrected chi connectivity index (χ0v) is 14.8. The minimum absolute atomic E-state index is 0.208. The Morgan fingerprint density at radius 3 is 2.26 bits per heavy atom. The fourth-order valence-electron chi connectivity index (χ4n) is 2.97. The van der Waals surface area contributed by atoms with E-state index in [4.69, 9.17) is 0 Å². The van der Waals surface area contributed by atoms with Crippen molar-refractivity contribution in [2.45, 2.75) is 6.92 Å². The Morgan fingerprint density at radius 2 is 1.56 bits per heavy atom. The molecule has 0 bridgehead atoms. The summed E-state index contributed by atoms with van der Waals surface area (Å²) >= 11 is 0.